The maximum absolute atomic E-state index is 8.71. The molecule has 0 amide bonds. The standard InChI is InChI=1S/C15H27N3OS/c1-11-9-13(20-12(11)2)10-17-8-6-5-7-15(3,4)14(16)18-19/h9,17,19H,5-8,10H2,1-4H3,(H2,16,18). The van der Waals surface area contributed by atoms with Gasteiger partial charge in [0.25, 0.3) is 0 Å². The number of unbranched alkanes of at least 4 members (excludes halogenated alkanes) is 1. The number of thiophene rings is 1. The summed E-state index contributed by atoms with van der Waals surface area (Å²) in [4.78, 5) is 2.80. The fraction of sp³-hybridized carbons (Fsp3) is 0.667. The van der Waals surface area contributed by atoms with Crippen LogP contribution in [0.2, 0.25) is 0 Å². The van der Waals surface area contributed by atoms with Gasteiger partial charge in [-0.1, -0.05) is 25.4 Å². The first-order valence-corrected chi connectivity index (χ1v) is 7.93. The van der Waals surface area contributed by atoms with Crippen LogP contribution in [0.5, 0.6) is 0 Å². The average molecular weight is 297 g/mol. The summed E-state index contributed by atoms with van der Waals surface area (Å²) in [6.07, 6.45) is 3.10. The number of amidine groups is 1. The van der Waals surface area contributed by atoms with E-state index in [1.165, 1.54) is 15.3 Å². The molecule has 0 saturated heterocycles. The summed E-state index contributed by atoms with van der Waals surface area (Å²) in [5, 5.41) is 15.3. The van der Waals surface area contributed by atoms with Crippen LogP contribution in [0.1, 0.15) is 48.4 Å². The lowest BCUT2D eigenvalue weighted by Gasteiger charge is -2.22. The van der Waals surface area contributed by atoms with E-state index in [1.807, 2.05) is 25.2 Å². The van der Waals surface area contributed by atoms with Gasteiger partial charge in [-0.3, -0.25) is 0 Å². The molecule has 5 heteroatoms. The third kappa shape index (κ3) is 5.13. The summed E-state index contributed by atoms with van der Waals surface area (Å²) in [6, 6.07) is 2.26. The van der Waals surface area contributed by atoms with E-state index >= 15 is 0 Å². The molecule has 1 heterocycles. The topological polar surface area (TPSA) is 70.6 Å². The number of rotatable bonds is 8. The number of aryl methyl sites for hydroxylation is 2. The number of nitrogens with two attached hydrogens (primary N) is 1. The Hall–Kier alpha value is -1.07. The fourth-order valence-corrected chi connectivity index (χ4v) is 3.05. The quantitative estimate of drug-likeness (QED) is 0.226. The summed E-state index contributed by atoms with van der Waals surface area (Å²) in [5.74, 6) is 0.315. The van der Waals surface area contributed by atoms with Crippen molar-refractivity contribution >= 4 is 17.2 Å². The third-order valence-electron chi connectivity index (χ3n) is 3.72. The molecule has 0 saturated carbocycles. The van der Waals surface area contributed by atoms with Crippen molar-refractivity contribution in [2.24, 2.45) is 16.3 Å². The summed E-state index contributed by atoms with van der Waals surface area (Å²) < 4.78 is 0. The van der Waals surface area contributed by atoms with Crippen molar-refractivity contribution in [1.82, 2.24) is 5.32 Å². The van der Waals surface area contributed by atoms with E-state index in [0.29, 0.717) is 5.84 Å². The highest BCUT2D eigenvalue weighted by Crippen LogP contribution is 2.23. The molecule has 0 aliphatic rings. The zero-order chi connectivity index (χ0) is 15.2. The maximum atomic E-state index is 8.71. The van der Waals surface area contributed by atoms with Crippen molar-refractivity contribution in [3.63, 3.8) is 0 Å². The van der Waals surface area contributed by atoms with Crippen molar-refractivity contribution in [3.05, 3.63) is 21.4 Å². The molecule has 0 atom stereocenters. The molecule has 1 rings (SSSR count). The molecule has 20 heavy (non-hydrogen) atoms. The Bertz CT molecular complexity index is 432. The van der Waals surface area contributed by atoms with Gasteiger partial charge in [0.1, 0.15) is 5.84 Å². The molecule has 0 spiro atoms. The van der Waals surface area contributed by atoms with E-state index in [1.54, 1.807) is 0 Å². The smallest absolute Gasteiger partial charge is 0.144 e. The first kappa shape index (κ1) is 17.0. The zero-order valence-electron chi connectivity index (χ0n) is 13.0. The number of hydrogen-bond acceptors (Lipinski definition) is 4. The van der Waals surface area contributed by atoms with E-state index in [2.05, 4.69) is 30.4 Å². The molecular weight excluding hydrogens is 270 g/mol. The Morgan fingerprint density at radius 1 is 1.40 bits per heavy atom. The van der Waals surface area contributed by atoms with Crippen LogP contribution in [0.25, 0.3) is 0 Å². The van der Waals surface area contributed by atoms with Crippen LogP contribution >= 0.6 is 11.3 Å². The third-order valence-corrected chi connectivity index (χ3v) is 4.88. The maximum Gasteiger partial charge on any atom is 0.144 e. The van der Waals surface area contributed by atoms with Gasteiger partial charge in [0.15, 0.2) is 0 Å². The van der Waals surface area contributed by atoms with Crippen LogP contribution in [0.15, 0.2) is 11.2 Å². The van der Waals surface area contributed by atoms with Crippen molar-refractivity contribution in [2.45, 2.75) is 53.5 Å². The Balaban J connectivity index is 2.17. The molecule has 114 valence electrons. The van der Waals surface area contributed by atoms with E-state index in [-0.39, 0.29) is 5.41 Å². The first-order chi connectivity index (χ1) is 9.36. The summed E-state index contributed by atoms with van der Waals surface area (Å²) in [6.45, 7) is 10.3. The SMILES string of the molecule is Cc1cc(CNCCCCC(C)(C)/C(N)=N/O)sc1C. The molecule has 0 fully saturated rings. The monoisotopic (exact) mass is 297 g/mol. The molecule has 0 radical (unpaired) electrons. The summed E-state index contributed by atoms with van der Waals surface area (Å²) >= 11 is 1.87. The van der Waals surface area contributed by atoms with Gasteiger partial charge in [-0.15, -0.1) is 11.3 Å². The average Bonchev–Trinajstić information content (AvgIpc) is 2.71. The van der Waals surface area contributed by atoms with E-state index in [0.717, 1.165) is 32.4 Å². The molecule has 4 nitrogen and oxygen atoms in total. The predicted octanol–water partition coefficient (Wildman–Crippen LogP) is 3.40. The van der Waals surface area contributed by atoms with Gasteiger partial charge < -0.3 is 16.3 Å². The molecular formula is C15H27N3OS. The number of hydrogen-bond donors (Lipinski definition) is 3. The molecule has 1 aromatic heterocycles. The second kappa shape index (κ2) is 7.64. The summed E-state index contributed by atoms with van der Waals surface area (Å²) in [5.41, 5.74) is 6.83. The molecule has 0 unspecified atom stereocenters. The molecule has 0 aliphatic heterocycles. The fourth-order valence-electron chi connectivity index (χ4n) is 2.03. The molecule has 0 aliphatic carbocycles. The van der Waals surface area contributed by atoms with Crippen LogP contribution in [0.3, 0.4) is 0 Å². The van der Waals surface area contributed by atoms with Gasteiger partial charge in [-0.2, -0.15) is 0 Å². The first-order valence-electron chi connectivity index (χ1n) is 7.11. The highest BCUT2D eigenvalue weighted by molar-refractivity contribution is 7.12. The highest BCUT2D eigenvalue weighted by Gasteiger charge is 2.22. The van der Waals surface area contributed by atoms with Gasteiger partial charge in [0, 0.05) is 21.7 Å². The minimum absolute atomic E-state index is 0.225. The molecule has 1 aromatic rings. The van der Waals surface area contributed by atoms with Gasteiger partial charge in [0.05, 0.1) is 0 Å². The minimum Gasteiger partial charge on any atom is -0.409 e. The summed E-state index contributed by atoms with van der Waals surface area (Å²) in [7, 11) is 0. The Morgan fingerprint density at radius 3 is 2.65 bits per heavy atom. The van der Waals surface area contributed by atoms with Crippen LogP contribution < -0.4 is 11.1 Å². The second-order valence-electron chi connectivity index (χ2n) is 5.95. The molecule has 0 bridgehead atoms. The molecule has 0 aromatic carbocycles. The van der Waals surface area contributed by atoms with Gasteiger partial charge in [-0.05, 0) is 44.9 Å². The largest absolute Gasteiger partial charge is 0.409 e. The number of oxime groups is 1. The van der Waals surface area contributed by atoms with E-state index in [4.69, 9.17) is 10.9 Å². The number of nitrogens with zero attached hydrogens (tertiary/aromatic N) is 1. The van der Waals surface area contributed by atoms with E-state index in [9.17, 15) is 0 Å². The predicted molar refractivity (Wildman–Crippen MR) is 86.5 cm³/mol. The zero-order valence-corrected chi connectivity index (χ0v) is 13.8. The normalized spacial score (nSPS) is 12.9. The van der Waals surface area contributed by atoms with Crippen LogP contribution in [-0.4, -0.2) is 17.6 Å². The van der Waals surface area contributed by atoms with Crippen molar-refractivity contribution in [3.8, 4) is 0 Å². The Morgan fingerprint density at radius 2 is 2.10 bits per heavy atom. The van der Waals surface area contributed by atoms with Gasteiger partial charge in [-0.25, -0.2) is 0 Å². The van der Waals surface area contributed by atoms with E-state index < -0.39 is 0 Å². The van der Waals surface area contributed by atoms with Crippen molar-refractivity contribution in [1.29, 1.82) is 0 Å². The van der Waals surface area contributed by atoms with Gasteiger partial charge in [0.2, 0.25) is 0 Å². The Labute approximate surface area is 126 Å². The van der Waals surface area contributed by atoms with Crippen LogP contribution in [-0.2, 0) is 6.54 Å². The van der Waals surface area contributed by atoms with Gasteiger partial charge >= 0.3 is 0 Å². The molecule has 4 N–H and O–H groups in total. The van der Waals surface area contributed by atoms with Crippen LogP contribution in [0, 0.1) is 19.3 Å². The lowest BCUT2D eigenvalue weighted by molar-refractivity contribution is 0.304. The lowest BCUT2D eigenvalue weighted by Crippen LogP contribution is -2.32. The number of nitrogens with one attached hydrogen (secondary N) is 1. The minimum atomic E-state index is -0.225. The Kier molecular flexibility index (Phi) is 6.49. The van der Waals surface area contributed by atoms with Crippen LogP contribution in [0.4, 0.5) is 0 Å². The van der Waals surface area contributed by atoms with Crippen molar-refractivity contribution < 1.29 is 5.21 Å². The highest BCUT2D eigenvalue weighted by atomic mass is 32.1. The lowest BCUT2D eigenvalue weighted by atomic mass is 9.86. The van der Waals surface area contributed by atoms with Crippen molar-refractivity contribution in [2.75, 3.05) is 6.54 Å². The second-order valence-corrected chi connectivity index (χ2v) is 7.30.